The van der Waals surface area contributed by atoms with E-state index in [1.54, 1.807) is 12.4 Å². The lowest BCUT2D eigenvalue weighted by molar-refractivity contribution is 0.0620. The van der Waals surface area contributed by atoms with Gasteiger partial charge in [0.1, 0.15) is 6.07 Å². The van der Waals surface area contributed by atoms with Crippen LogP contribution in [0.5, 0.6) is 0 Å². The van der Waals surface area contributed by atoms with Gasteiger partial charge in [-0.2, -0.15) is 5.26 Å². The van der Waals surface area contributed by atoms with Crippen molar-refractivity contribution < 1.29 is 4.79 Å². The third-order valence-corrected chi connectivity index (χ3v) is 4.96. The van der Waals surface area contributed by atoms with Gasteiger partial charge in [0, 0.05) is 30.5 Å². The number of hydrogen-bond acceptors (Lipinski definition) is 3. The van der Waals surface area contributed by atoms with Gasteiger partial charge in [0.15, 0.2) is 0 Å². The Morgan fingerprint density at radius 1 is 1.27 bits per heavy atom. The zero-order valence-electron chi connectivity index (χ0n) is 12.3. The maximum Gasteiger partial charge on any atom is 0.253 e. The zero-order valence-corrected chi connectivity index (χ0v) is 12.3. The summed E-state index contributed by atoms with van der Waals surface area (Å²) in [6, 6.07) is 7.91. The standard InChI is InChI=1S/C17H18N4O/c18-8-12-7-15-2-1-14(10-21(15)9-12)17(22)19-16-11-20-5-3-13(16)4-6-20/h1-2,7,9-10,13,16H,3-6,11H2,(H,19,22)/t16-/m0/s1. The van der Waals surface area contributed by atoms with E-state index in [-0.39, 0.29) is 11.9 Å². The molecule has 0 aliphatic carbocycles. The van der Waals surface area contributed by atoms with Gasteiger partial charge in [-0.05, 0) is 50.0 Å². The van der Waals surface area contributed by atoms with Gasteiger partial charge < -0.3 is 14.6 Å². The first kappa shape index (κ1) is 13.4. The van der Waals surface area contributed by atoms with Gasteiger partial charge in [-0.1, -0.05) is 0 Å². The molecule has 1 amide bonds. The van der Waals surface area contributed by atoms with E-state index in [9.17, 15) is 4.79 Å². The molecule has 0 unspecified atom stereocenters. The molecule has 0 radical (unpaired) electrons. The Bertz CT molecular complexity index is 765. The van der Waals surface area contributed by atoms with Crippen LogP contribution < -0.4 is 5.32 Å². The second-order valence-corrected chi connectivity index (χ2v) is 6.31. The lowest BCUT2D eigenvalue weighted by Crippen LogP contribution is -2.57. The molecule has 1 N–H and O–H groups in total. The van der Waals surface area contributed by atoms with Crippen LogP contribution in [0.15, 0.2) is 30.6 Å². The van der Waals surface area contributed by atoms with Gasteiger partial charge in [0.05, 0.1) is 11.1 Å². The third-order valence-electron chi connectivity index (χ3n) is 4.96. The maximum atomic E-state index is 12.5. The SMILES string of the molecule is N#Cc1cc2ccc(C(=O)N[C@H]3CN4CCC3CC4)cn2c1. The number of hydrogen-bond donors (Lipinski definition) is 1. The molecule has 0 saturated carbocycles. The van der Waals surface area contributed by atoms with Gasteiger partial charge in [-0.3, -0.25) is 4.79 Å². The second kappa shape index (κ2) is 5.15. The van der Waals surface area contributed by atoms with E-state index in [0.717, 1.165) is 12.1 Å². The fourth-order valence-electron chi connectivity index (χ4n) is 3.69. The molecule has 1 atom stereocenters. The quantitative estimate of drug-likeness (QED) is 0.916. The third kappa shape index (κ3) is 2.26. The number of nitriles is 1. The van der Waals surface area contributed by atoms with Gasteiger partial charge >= 0.3 is 0 Å². The van der Waals surface area contributed by atoms with Gasteiger partial charge in [0.2, 0.25) is 0 Å². The van der Waals surface area contributed by atoms with E-state index in [0.29, 0.717) is 17.0 Å². The Balaban J connectivity index is 1.54. The Labute approximate surface area is 129 Å². The lowest BCUT2D eigenvalue weighted by Gasteiger charge is -2.44. The molecular formula is C17H18N4O. The Morgan fingerprint density at radius 2 is 2.09 bits per heavy atom. The fraction of sp³-hybridized carbons (Fsp3) is 0.412. The van der Waals surface area contributed by atoms with Crippen LogP contribution in [-0.2, 0) is 0 Å². The highest BCUT2D eigenvalue weighted by Gasteiger charge is 2.34. The minimum atomic E-state index is -0.0205. The van der Waals surface area contributed by atoms with E-state index in [1.807, 2.05) is 22.6 Å². The summed E-state index contributed by atoms with van der Waals surface area (Å²) in [5.74, 6) is 0.599. The molecule has 3 aliphatic rings. The highest BCUT2D eigenvalue weighted by atomic mass is 16.1. The summed E-state index contributed by atoms with van der Waals surface area (Å²) in [7, 11) is 0. The minimum Gasteiger partial charge on any atom is -0.348 e. The second-order valence-electron chi connectivity index (χ2n) is 6.31. The number of rotatable bonds is 2. The first-order valence-electron chi connectivity index (χ1n) is 7.78. The Hall–Kier alpha value is -2.32. The van der Waals surface area contributed by atoms with E-state index in [1.165, 1.54) is 25.9 Å². The molecule has 2 aromatic rings. The molecule has 0 spiro atoms. The Kier molecular flexibility index (Phi) is 3.12. The first-order valence-corrected chi connectivity index (χ1v) is 7.78. The number of nitrogens with zero attached hydrogens (tertiary/aromatic N) is 3. The van der Waals surface area contributed by atoms with Crippen LogP contribution in [0.4, 0.5) is 0 Å². The minimum absolute atomic E-state index is 0.0205. The average molecular weight is 294 g/mol. The summed E-state index contributed by atoms with van der Waals surface area (Å²) in [5.41, 5.74) is 2.18. The highest BCUT2D eigenvalue weighted by Crippen LogP contribution is 2.27. The van der Waals surface area contributed by atoms with E-state index < -0.39 is 0 Å². The maximum absolute atomic E-state index is 12.5. The number of fused-ring (bicyclic) bond motifs is 4. The van der Waals surface area contributed by atoms with Crippen molar-refractivity contribution in [3.8, 4) is 6.07 Å². The Morgan fingerprint density at radius 3 is 2.77 bits per heavy atom. The molecule has 5 nitrogen and oxygen atoms in total. The molecule has 5 rings (SSSR count). The molecule has 3 saturated heterocycles. The van der Waals surface area contributed by atoms with Crippen LogP contribution in [0.25, 0.3) is 5.52 Å². The monoisotopic (exact) mass is 294 g/mol. The van der Waals surface area contributed by atoms with Crippen LogP contribution in [0.1, 0.15) is 28.8 Å². The van der Waals surface area contributed by atoms with E-state index in [2.05, 4.69) is 16.3 Å². The molecule has 0 aromatic carbocycles. The van der Waals surface area contributed by atoms with Crippen molar-refractivity contribution in [2.45, 2.75) is 18.9 Å². The van der Waals surface area contributed by atoms with Crippen LogP contribution >= 0.6 is 0 Å². The smallest absolute Gasteiger partial charge is 0.253 e. The summed E-state index contributed by atoms with van der Waals surface area (Å²) >= 11 is 0. The zero-order chi connectivity index (χ0) is 15.1. The summed E-state index contributed by atoms with van der Waals surface area (Å²) in [6.07, 6.45) is 5.92. The fourth-order valence-corrected chi connectivity index (χ4v) is 3.69. The van der Waals surface area contributed by atoms with Crippen LogP contribution in [0.3, 0.4) is 0 Å². The molecule has 3 fully saturated rings. The molecule has 5 heterocycles. The van der Waals surface area contributed by atoms with Crippen molar-refractivity contribution in [3.63, 3.8) is 0 Å². The number of piperidine rings is 3. The highest BCUT2D eigenvalue weighted by molar-refractivity contribution is 5.94. The topological polar surface area (TPSA) is 60.5 Å². The summed E-state index contributed by atoms with van der Waals surface area (Å²) in [6.45, 7) is 3.31. The average Bonchev–Trinajstić information content (AvgIpc) is 2.98. The number of pyridine rings is 1. The lowest BCUT2D eigenvalue weighted by atomic mass is 9.84. The molecule has 22 heavy (non-hydrogen) atoms. The van der Waals surface area contributed by atoms with Crippen molar-refractivity contribution in [1.82, 2.24) is 14.6 Å². The van der Waals surface area contributed by atoms with Crippen molar-refractivity contribution in [3.05, 3.63) is 41.7 Å². The van der Waals surface area contributed by atoms with Gasteiger partial charge in [0.25, 0.3) is 5.91 Å². The summed E-state index contributed by atoms with van der Waals surface area (Å²) < 4.78 is 1.84. The molecule has 112 valence electrons. The van der Waals surface area contributed by atoms with E-state index in [4.69, 9.17) is 5.26 Å². The number of aromatic nitrogens is 1. The van der Waals surface area contributed by atoms with Gasteiger partial charge in [-0.15, -0.1) is 0 Å². The molecule has 5 heteroatoms. The predicted molar refractivity (Wildman–Crippen MR) is 82.5 cm³/mol. The summed E-state index contributed by atoms with van der Waals surface area (Å²) in [4.78, 5) is 14.9. The molecule has 3 aliphatic heterocycles. The molecular weight excluding hydrogens is 276 g/mol. The van der Waals surface area contributed by atoms with Crippen molar-refractivity contribution in [2.75, 3.05) is 19.6 Å². The number of carbonyl (C=O) groups is 1. The number of nitrogens with one attached hydrogen (secondary N) is 1. The van der Waals surface area contributed by atoms with Crippen molar-refractivity contribution in [1.29, 1.82) is 5.26 Å². The number of carbonyl (C=O) groups excluding carboxylic acids is 1. The number of amides is 1. The van der Waals surface area contributed by atoms with Crippen LogP contribution in [-0.4, -0.2) is 40.9 Å². The predicted octanol–water partition coefficient (Wildman–Crippen LogP) is 1.63. The molecule has 2 bridgehead atoms. The van der Waals surface area contributed by atoms with Crippen LogP contribution in [0.2, 0.25) is 0 Å². The molecule has 2 aromatic heterocycles. The normalized spacial score (nSPS) is 26.8. The van der Waals surface area contributed by atoms with Gasteiger partial charge in [-0.25, -0.2) is 0 Å². The summed E-state index contributed by atoms with van der Waals surface area (Å²) in [5, 5.41) is 12.1. The van der Waals surface area contributed by atoms with Crippen molar-refractivity contribution >= 4 is 11.4 Å². The first-order chi connectivity index (χ1) is 10.7. The van der Waals surface area contributed by atoms with E-state index >= 15 is 0 Å². The van der Waals surface area contributed by atoms with Crippen molar-refractivity contribution in [2.24, 2.45) is 5.92 Å². The van der Waals surface area contributed by atoms with Crippen LogP contribution in [0, 0.1) is 17.2 Å². The largest absolute Gasteiger partial charge is 0.348 e.